The van der Waals surface area contributed by atoms with E-state index in [1.54, 1.807) is 31.2 Å². The standard InChI is InChI=1S/2C8H11.Fe/c2*1-6-4-5-7(2)8(6)3;/h2*4H2,1-3H3;. The Morgan fingerprint density at radius 3 is 1.18 bits per heavy atom. The monoisotopic (exact) mass is 270 g/mol. The zero-order chi connectivity index (χ0) is 12.7. The van der Waals surface area contributed by atoms with Gasteiger partial charge in [-0.25, -0.2) is 0 Å². The van der Waals surface area contributed by atoms with Crippen molar-refractivity contribution in [3.05, 3.63) is 42.4 Å². The quantitative estimate of drug-likeness (QED) is 0.612. The second-order valence-corrected chi connectivity index (χ2v) is 6.89. The normalized spacial score (nSPS) is 21.8. The van der Waals surface area contributed by atoms with Crippen molar-refractivity contribution in [1.29, 1.82) is 0 Å². The van der Waals surface area contributed by atoms with Crippen LogP contribution in [0.15, 0.2) is 42.4 Å². The van der Waals surface area contributed by atoms with Crippen LogP contribution >= 0.6 is 0 Å². The molecule has 0 unspecified atom stereocenters. The van der Waals surface area contributed by atoms with Crippen LogP contribution in [0.25, 0.3) is 0 Å². The van der Waals surface area contributed by atoms with Crippen LogP contribution in [0.2, 0.25) is 0 Å². The van der Waals surface area contributed by atoms with Crippen molar-refractivity contribution in [2.75, 3.05) is 0 Å². The number of hydrogen-bond donors (Lipinski definition) is 0. The van der Waals surface area contributed by atoms with Crippen molar-refractivity contribution >= 4 is 0 Å². The van der Waals surface area contributed by atoms with E-state index in [1.165, 1.54) is 38.9 Å². The molecule has 0 spiro atoms. The third-order valence-corrected chi connectivity index (χ3v) is 6.13. The molecule has 0 amide bonds. The molecule has 0 aromatic rings. The van der Waals surface area contributed by atoms with Gasteiger partial charge in [0.2, 0.25) is 0 Å². The van der Waals surface area contributed by atoms with Gasteiger partial charge in [0, 0.05) is 0 Å². The minimum absolute atomic E-state index is 1.20. The minimum atomic E-state index is 1.20. The molecule has 0 N–H and O–H groups in total. The molecule has 17 heavy (non-hydrogen) atoms. The Balaban J connectivity index is 2.18. The van der Waals surface area contributed by atoms with E-state index in [0.29, 0.717) is 0 Å². The van der Waals surface area contributed by atoms with Crippen molar-refractivity contribution in [1.82, 2.24) is 0 Å². The molecule has 0 saturated carbocycles. The van der Waals surface area contributed by atoms with E-state index < -0.39 is 0 Å². The van der Waals surface area contributed by atoms with Gasteiger partial charge in [-0.1, -0.05) is 0 Å². The summed E-state index contributed by atoms with van der Waals surface area (Å²) in [5.41, 5.74) is 9.27. The van der Waals surface area contributed by atoms with Crippen LogP contribution in [0.5, 0.6) is 0 Å². The Morgan fingerprint density at radius 2 is 0.941 bits per heavy atom. The van der Waals surface area contributed by atoms with E-state index >= 15 is 0 Å². The summed E-state index contributed by atoms with van der Waals surface area (Å²) < 4.78 is 3.30. The first-order valence-electron chi connectivity index (χ1n) is 6.27. The molecule has 0 fully saturated rings. The summed E-state index contributed by atoms with van der Waals surface area (Å²) in [4.78, 5) is 0. The van der Waals surface area contributed by atoms with Gasteiger partial charge in [0.1, 0.15) is 0 Å². The van der Waals surface area contributed by atoms with Crippen LogP contribution in [0, 0.1) is 0 Å². The molecule has 0 atom stereocenters. The fourth-order valence-electron chi connectivity index (χ4n) is 2.34. The van der Waals surface area contributed by atoms with Gasteiger partial charge >= 0.3 is 112 Å². The summed E-state index contributed by atoms with van der Waals surface area (Å²) in [6.45, 7) is 13.7. The predicted octanol–water partition coefficient (Wildman–Crippen LogP) is 5.10. The van der Waals surface area contributed by atoms with Crippen LogP contribution in [-0.4, -0.2) is 0 Å². The van der Waals surface area contributed by atoms with Gasteiger partial charge in [-0.05, 0) is 0 Å². The fourth-order valence-corrected chi connectivity index (χ4v) is 4.36. The zero-order valence-electron chi connectivity index (χ0n) is 11.8. The van der Waals surface area contributed by atoms with Crippen LogP contribution in [0.1, 0.15) is 54.4 Å². The van der Waals surface area contributed by atoms with Gasteiger partial charge in [0.25, 0.3) is 0 Å². The van der Waals surface area contributed by atoms with Crippen molar-refractivity contribution in [2.24, 2.45) is 0 Å². The van der Waals surface area contributed by atoms with E-state index in [9.17, 15) is 0 Å². The molecular weight excluding hydrogens is 248 g/mol. The average Bonchev–Trinajstić information content (AvgIpc) is 2.66. The van der Waals surface area contributed by atoms with E-state index in [1.807, 2.05) is 0 Å². The molecule has 0 aromatic carbocycles. The van der Waals surface area contributed by atoms with E-state index in [0.717, 1.165) is 0 Å². The topological polar surface area (TPSA) is 0 Å². The van der Waals surface area contributed by atoms with Crippen molar-refractivity contribution in [2.45, 2.75) is 54.4 Å². The van der Waals surface area contributed by atoms with Crippen LogP contribution in [0.4, 0.5) is 0 Å². The van der Waals surface area contributed by atoms with Crippen molar-refractivity contribution in [3.8, 4) is 0 Å². The van der Waals surface area contributed by atoms with Gasteiger partial charge in [-0.15, -0.1) is 0 Å². The van der Waals surface area contributed by atoms with Gasteiger partial charge in [-0.2, -0.15) is 0 Å². The van der Waals surface area contributed by atoms with E-state index in [2.05, 4.69) is 41.5 Å². The van der Waals surface area contributed by atoms with E-state index in [-0.39, 0.29) is 0 Å². The second kappa shape index (κ2) is 4.63. The van der Waals surface area contributed by atoms with Crippen molar-refractivity contribution in [3.63, 3.8) is 0 Å². The summed E-state index contributed by atoms with van der Waals surface area (Å²) in [5, 5.41) is 0. The molecular formula is C16H22Fe. The second-order valence-electron chi connectivity index (χ2n) is 5.28. The van der Waals surface area contributed by atoms with Crippen LogP contribution in [-0.2, 0) is 15.0 Å². The Labute approximate surface area is 112 Å². The maximum atomic E-state index is 2.29. The fraction of sp³-hybridized carbons (Fsp3) is 0.500. The number of hydrogen-bond acceptors (Lipinski definition) is 0. The van der Waals surface area contributed by atoms with Gasteiger partial charge in [0.05, 0.1) is 0 Å². The number of allylic oxidation sites excluding steroid dienone is 8. The summed E-state index contributed by atoms with van der Waals surface area (Å²) in [6, 6.07) is 0. The molecule has 0 aliphatic heterocycles. The molecule has 0 nitrogen and oxygen atoms in total. The molecule has 0 saturated heterocycles. The molecule has 94 valence electrons. The zero-order valence-corrected chi connectivity index (χ0v) is 12.9. The SMILES string of the molecule is CC1=C(C)C(C)=[C]([Fe][C]2=C(C)C(C)=C(C)C2)C1. The molecule has 0 radical (unpaired) electrons. The molecule has 0 bridgehead atoms. The van der Waals surface area contributed by atoms with Gasteiger partial charge in [-0.3, -0.25) is 0 Å². The van der Waals surface area contributed by atoms with Gasteiger partial charge < -0.3 is 0 Å². The van der Waals surface area contributed by atoms with Crippen molar-refractivity contribution < 1.29 is 15.0 Å². The molecule has 2 rings (SSSR count). The third-order valence-electron chi connectivity index (χ3n) is 4.25. The Morgan fingerprint density at radius 1 is 0.588 bits per heavy atom. The molecule has 0 heterocycles. The van der Waals surface area contributed by atoms with Crippen LogP contribution < -0.4 is 0 Å². The summed E-state index contributed by atoms with van der Waals surface area (Å²) in [7, 11) is 0. The molecule has 2 aliphatic carbocycles. The molecule has 1 heteroatoms. The first-order chi connectivity index (χ1) is 7.91. The Hall–Kier alpha value is -0.521. The van der Waals surface area contributed by atoms with E-state index in [4.69, 9.17) is 0 Å². The van der Waals surface area contributed by atoms with Crippen LogP contribution in [0.3, 0.4) is 0 Å². The first-order valence-corrected chi connectivity index (χ1v) is 7.37. The Kier molecular flexibility index (Phi) is 3.52. The average molecular weight is 270 g/mol. The predicted molar refractivity (Wildman–Crippen MR) is 71.4 cm³/mol. The molecule has 0 aromatic heterocycles. The third kappa shape index (κ3) is 2.23. The molecule has 2 aliphatic rings. The summed E-state index contributed by atoms with van der Waals surface area (Å²) in [6.07, 6.45) is 2.40. The van der Waals surface area contributed by atoms with Gasteiger partial charge in [0.15, 0.2) is 0 Å². The Bertz CT molecular complexity index is 450. The summed E-state index contributed by atoms with van der Waals surface area (Å²) >= 11 is 1.20. The maximum absolute atomic E-state index is 2.29. The first kappa shape index (κ1) is 12.9. The number of rotatable bonds is 2. The summed E-state index contributed by atoms with van der Waals surface area (Å²) in [5.74, 6) is 0.